The van der Waals surface area contributed by atoms with Gasteiger partial charge in [0.05, 0.1) is 26.4 Å². The van der Waals surface area contributed by atoms with Crippen LogP contribution < -0.4 is 14.4 Å². The minimum Gasteiger partial charge on any atom is -0.479 e. The van der Waals surface area contributed by atoms with Gasteiger partial charge in [-0.1, -0.05) is 59.1 Å². The average molecular weight is 634 g/mol. The van der Waals surface area contributed by atoms with Crippen molar-refractivity contribution in [3.05, 3.63) is 68.0 Å². The number of hydrogen-bond donors (Lipinski definition) is 3. The number of rotatable bonds is 10. The molecule has 0 spiro atoms. The van der Waals surface area contributed by atoms with Gasteiger partial charge in [-0.25, -0.2) is 18.0 Å². The van der Waals surface area contributed by atoms with Crippen LogP contribution in [0.2, 0.25) is 15.1 Å². The fourth-order valence-electron chi connectivity index (χ4n) is 4.34. The summed E-state index contributed by atoms with van der Waals surface area (Å²) in [6.07, 6.45) is 1.14. The highest BCUT2D eigenvalue weighted by Crippen LogP contribution is 2.46. The van der Waals surface area contributed by atoms with Crippen molar-refractivity contribution in [3.8, 4) is 16.2 Å². The quantitative estimate of drug-likeness (QED) is 0.262. The molecule has 1 aliphatic rings. The number of hydrogen-bond acceptors (Lipinski definition) is 7. The van der Waals surface area contributed by atoms with Crippen molar-refractivity contribution in [1.29, 1.82) is 0 Å². The molecule has 14 heteroatoms. The van der Waals surface area contributed by atoms with Crippen molar-refractivity contribution in [2.24, 2.45) is 0 Å². The smallest absolute Gasteiger partial charge is 0.349 e. The number of anilines is 1. The summed E-state index contributed by atoms with van der Waals surface area (Å²) in [5.74, 6) is -3.26. The van der Waals surface area contributed by atoms with Crippen LogP contribution in [0, 0.1) is 0 Å². The van der Waals surface area contributed by atoms with Crippen LogP contribution in [0.15, 0.2) is 42.5 Å². The van der Waals surface area contributed by atoms with E-state index in [0.717, 1.165) is 11.3 Å². The zero-order valence-electron chi connectivity index (χ0n) is 20.2. The molecule has 3 N–H and O–H groups in total. The van der Waals surface area contributed by atoms with Crippen LogP contribution in [0.1, 0.15) is 28.1 Å². The Labute approximate surface area is 243 Å². The SMILES string of the molecule is O=C(O)COc1c(C(=O)O)sc(-c2cccc(N(C3CCNCC3)S(=O)(=O)Cc3cccc(Cl)c3Cl)c2)c1Cl. The molecular weight excluding hydrogens is 611 g/mol. The minimum absolute atomic E-state index is 0.0715. The molecule has 2 heterocycles. The third kappa shape index (κ3) is 6.62. The summed E-state index contributed by atoms with van der Waals surface area (Å²) >= 11 is 19.7. The summed E-state index contributed by atoms with van der Waals surface area (Å²) in [5, 5.41) is 22.2. The number of aliphatic carboxylic acids is 1. The first-order valence-corrected chi connectivity index (χ1v) is 15.2. The van der Waals surface area contributed by atoms with E-state index in [0.29, 0.717) is 47.6 Å². The second kappa shape index (κ2) is 12.3. The molecule has 2 aromatic carbocycles. The molecule has 0 atom stereocenters. The number of sulfonamides is 1. The molecule has 1 aromatic heterocycles. The van der Waals surface area contributed by atoms with Crippen molar-refractivity contribution in [2.75, 3.05) is 24.0 Å². The lowest BCUT2D eigenvalue weighted by Crippen LogP contribution is -2.46. The Hall–Kier alpha value is -2.54. The molecule has 0 aliphatic carbocycles. The van der Waals surface area contributed by atoms with Gasteiger partial charge in [-0.3, -0.25) is 4.31 Å². The summed E-state index contributed by atoms with van der Waals surface area (Å²) in [6.45, 7) is 0.499. The Morgan fingerprint density at radius 3 is 2.41 bits per heavy atom. The van der Waals surface area contributed by atoms with E-state index >= 15 is 0 Å². The Bertz CT molecular complexity index is 1510. The van der Waals surface area contributed by atoms with Crippen LogP contribution in [0.4, 0.5) is 5.69 Å². The highest BCUT2D eigenvalue weighted by atomic mass is 35.5. The van der Waals surface area contributed by atoms with Crippen LogP contribution in [0.25, 0.3) is 10.4 Å². The second-order valence-electron chi connectivity index (χ2n) is 8.69. The van der Waals surface area contributed by atoms with Gasteiger partial charge in [-0.05, 0) is 55.3 Å². The van der Waals surface area contributed by atoms with Crippen LogP contribution in [0.5, 0.6) is 5.75 Å². The topological polar surface area (TPSA) is 133 Å². The molecule has 0 radical (unpaired) electrons. The van der Waals surface area contributed by atoms with E-state index in [9.17, 15) is 23.1 Å². The molecule has 0 bridgehead atoms. The van der Waals surface area contributed by atoms with Crippen LogP contribution >= 0.6 is 46.1 Å². The number of piperidine rings is 1. The fourth-order valence-corrected chi connectivity index (χ4v) is 8.08. The Morgan fingerprint density at radius 2 is 1.74 bits per heavy atom. The van der Waals surface area contributed by atoms with Gasteiger partial charge in [0.25, 0.3) is 0 Å². The first kappa shape index (κ1) is 29.4. The van der Waals surface area contributed by atoms with Crippen molar-refractivity contribution in [2.45, 2.75) is 24.6 Å². The molecule has 9 nitrogen and oxygen atoms in total. The lowest BCUT2D eigenvalue weighted by atomic mass is 10.1. The number of carbonyl (C=O) groups is 2. The zero-order valence-corrected chi connectivity index (χ0v) is 24.1. The van der Waals surface area contributed by atoms with E-state index in [4.69, 9.17) is 44.6 Å². The van der Waals surface area contributed by atoms with E-state index in [-0.39, 0.29) is 37.5 Å². The molecular formula is C25H23Cl3N2O7S2. The Kier molecular flexibility index (Phi) is 9.30. The van der Waals surface area contributed by atoms with Gasteiger partial charge >= 0.3 is 11.9 Å². The minimum atomic E-state index is -3.96. The van der Waals surface area contributed by atoms with Crippen molar-refractivity contribution in [1.82, 2.24) is 5.32 Å². The van der Waals surface area contributed by atoms with E-state index in [1.165, 1.54) is 4.31 Å². The summed E-state index contributed by atoms with van der Waals surface area (Å²) in [6, 6.07) is 11.1. The van der Waals surface area contributed by atoms with Crippen LogP contribution in [0.3, 0.4) is 0 Å². The number of aromatic carboxylic acids is 1. The molecule has 0 saturated carbocycles. The van der Waals surface area contributed by atoms with Gasteiger partial charge in [-0.15, -0.1) is 11.3 Å². The average Bonchev–Trinajstić information content (AvgIpc) is 3.22. The summed E-state index contributed by atoms with van der Waals surface area (Å²) < 4.78 is 34.4. The third-order valence-electron chi connectivity index (χ3n) is 6.02. The van der Waals surface area contributed by atoms with E-state index in [2.05, 4.69) is 5.32 Å². The van der Waals surface area contributed by atoms with Gasteiger partial charge < -0.3 is 20.3 Å². The van der Waals surface area contributed by atoms with Gasteiger partial charge in [0, 0.05) is 6.04 Å². The summed E-state index contributed by atoms with van der Waals surface area (Å²) in [4.78, 5) is 22.8. The number of ether oxygens (including phenoxy) is 1. The summed E-state index contributed by atoms with van der Waals surface area (Å²) in [5.41, 5.74) is 1.18. The number of nitrogens with zero attached hydrogens (tertiary/aromatic N) is 1. The molecule has 1 saturated heterocycles. The van der Waals surface area contributed by atoms with Crippen molar-refractivity contribution in [3.63, 3.8) is 0 Å². The van der Waals surface area contributed by atoms with Gasteiger partial charge in [0.1, 0.15) is 5.02 Å². The Morgan fingerprint density at radius 1 is 1.05 bits per heavy atom. The molecule has 0 unspecified atom stereocenters. The van der Waals surface area contributed by atoms with Gasteiger partial charge in [-0.2, -0.15) is 0 Å². The third-order valence-corrected chi connectivity index (χ3v) is 10.3. The molecule has 0 amide bonds. The highest BCUT2D eigenvalue weighted by Gasteiger charge is 2.33. The number of nitrogens with one attached hydrogen (secondary N) is 1. The van der Waals surface area contributed by atoms with Crippen molar-refractivity contribution < 1.29 is 33.0 Å². The van der Waals surface area contributed by atoms with Crippen LogP contribution in [-0.4, -0.2) is 56.3 Å². The number of thiophene rings is 1. The second-order valence-corrected chi connectivity index (χ2v) is 12.7. The first-order valence-electron chi connectivity index (χ1n) is 11.7. The molecule has 1 aliphatic heterocycles. The predicted octanol–water partition coefficient (Wildman–Crippen LogP) is 5.63. The molecule has 3 aromatic rings. The number of carboxylic acid groups (broad SMARTS) is 2. The number of halogens is 3. The van der Waals surface area contributed by atoms with E-state index in [1.54, 1.807) is 42.5 Å². The Balaban J connectivity index is 1.78. The normalized spacial score (nSPS) is 14.2. The predicted molar refractivity (Wildman–Crippen MR) is 152 cm³/mol. The van der Waals surface area contributed by atoms with Crippen molar-refractivity contribution >= 4 is 73.8 Å². The lowest BCUT2D eigenvalue weighted by Gasteiger charge is -2.35. The molecule has 1 fully saturated rings. The standard InChI is InChI=1S/C25H23Cl3N2O7S2/c26-18-6-2-4-15(20(18)27)13-39(35,36)30(16-7-9-29-10-8-16)17-5-1-3-14(11-17)23-21(28)22(37-12-19(31)32)24(38-23)25(33)34/h1-6,11,16,29H,7-10,12-13H2,(H,31,32)(H,33,34). The first-order chi connectivity index (χ1) is 18.5. The molecule has 39 heavy (non-hydrogen) atoms. The van der Waals surface area contributed by atoms with E-state index in [1.807, 2.05) is 0 Å². The maximum absolute atomic E-state index is 13.9. The van der Waals surface area contributed by atoms with E-state index < -0.39 is 28.6 Å². The zero-order chi connectivity index (χ0) is 28.3. The van der Waals surface area contributed by atoms with Gasteiger partial charge in [0.15, 0.2) is 17.2 Å². The molecule has 4 rings (SSSR count). The largest absolute Gasteiger partial charge is 0.479 e. The fraction of sp³-hybridized carbons (Fsp3) is 0.280. The lowest BCUT2D eigenvalue weighted by molar-refractivity contribution is -0.139. The van der Waals surface area contributed by atoms with Gasteiger partial charge in [0.2, 0.25) is 10.0 Å². The monoisotopic (exact) mass is 632 g/mol. The number of carboxylic acids is 2. The summed E-state index contributed by atoms with van der Waals surface area (Å²) in [7, 11) is -3.96. The molecule has 208 valence electrons. The maximum atomic E-state index is 13.9. The number of benzene rings is 2. The van der Waals surface area contributed by atoms with Crippen LogP contribution in [-0.2, 0) is 20.6 Å². The maximum Gasteiger partial charge on any atom is 0.349 e. The highest BCUT2D eigenvalue weighted by molar-refractivity contribution is 7.92.